The van der Waals surface area contributed by atoms with Crippen molar-refractivity contribution in [3.63, 3.8) is 0 Å². The Hall–Kier alpha value is -1.51. The smallest absolute Gasteiger partial charge is 0.119 e. The second-order valence-corrected chi connectivity index (χ2v) is 5.86. The zero-order chi connectivity index (χ0) is 15.4. The van der Waals surface area contributed by atoms with Crippen molar-refractivity contribution in [2.45, 2.75) is 26.8 Å². The Labute approximate surface area is 132 Å². The van der Waals surface area contributed by atoms with Crippen LogP contribution in [0.15, 0.2) is 36.4 Å². The molecule has 0 heterocycles. The van der Waals surface area contributed by atoms with Crippen molar-refractivity contribution in [1.82, 2.24) is 5.32 Å². The molecular formula is C18H22ClNO. The van der Waals surface area contributed by atoms with Crippen molar-refractivity contribution in [1.29, 1.82) is 0 Å². The van der Waals surface area contributed by atoms with Gasteiger partial charge in [-0.3, -0.25) is 0 Å². The third-order valence-electron chi connectivity index (χ3n) is 3.67. The number of halogens is 1. The van der Waals surface area contributed by atoms with E-state index in [9.17, 15) is 0 Å². The van der Waals surface area contributed by atoms with Crippen LogP contribution in [0.25, 0.3) is 0 Å². The van der Waals surface area contributed by atoms with Crippen molar-refractivity contribution in [2.24, 2.45) is 0 Å². The molecule has 1 atom stereocenters. The first-order chi connectivity index (χ1) is 10.0. The molecule has 0 radical (unpaired) electrons. The summed E-state index contributed by atoms with van der Waals surface area (Å²) >= 11 is 5.89. The van der Waals surface area contributed by atoms with Crippen molar-refractivity contribution < 1.29 is 4.74 Å². The van der Waals surface area contributed by atoms with Gasteiger partial charge in [-0.2, -0.15) is 0 Å². The molecular weight excluding hydrogens is 282 g/mol. The van der Waals surface area contributed by atoms with Crippen LogP contribution in [0.5, 0.6) is 5.75 Å². The second kappa shape index (κ2) is 6.97. The quantitative estimate of drug-likeness (QED) is 0.871. The summed E-state index contributed by atoms with van der Waals surface area (Å²) in [5, 5.41) is 4.07. The monoisotopic (exact) mass is 303 g/mol. The second-order valence-electron chi connectivity index (χ2n) is 5.42. The third-order valence-corrected chi connectivity index (χ3v) is 3.92. The van der Waals surface area contributed by atoms with Crippen LogP contribution in [-0.4, -0.2) is 13.7 Å². The summed E-state index contributed by atoms with van der Waals surface area (Å²) in [6.07, 6.45) is 0. The van der Waals surface area contributed by atoms with Gasteiger partial charge in [0, 0.05) is 5.02 Å². The van der Waals surface area contributed by atoms with Crippen LogP contribution in [0, 0.1) is 20.8 Å². The zero-order valence-corrected chi connectivity index (χ0v) is 13.8. The van der Waals surface area contributed by atoms with E-state index in [4.69, 9.17) is 16.3 Å². The van der Waals surface area contributed by atoms with Gasteiger partial charge in [0.1, 0.15) is 12.4 Å². The molecule has 0 amide bonds. The van der Waals surface area contributed by atoms with E-state index in [-0.39, 0.29) is 6.04 Å². The summed E-state index contributed by atoms with van der Waals surface area (Å²) in [7, 11) is 1.97. The summed E-state index contributed by atoms with van der Waals surface area (Å²) in [4.78, 5) is 0. The normalized spacial score (nSPS) is 12.2. The average molecular weight is 304 g/mol. The molecule has 1 N–H and O–H groups in total. The van der Waals surface area contributed by atoms with Gasteiger partial charge in [-0.1, -0.05) is 29.3 Å². The van der Waals surface area contributed by atoms with Crippen molar-refractivity contribution in [3.8, 4) is 5.75 Å². The number of ether oxygens (including phenoxy) is 1. The summed E-state index contributed by atoms with van der Waals surface area (Å²) in [5.41, 5.74) is 5.21. The number of rotatable bonds is 5. The lowest BCUT2D eigenvalue weighted by Gasteiger charge is -2.22. The molecule has 112 valence electrons. The molecule has 2 aromatic carbocycles. The van der Waals surface area contributed by atoms with Gasteiger partial charge in [-0.15, -0.1) is 0 Å². The Balaban J connectivity index is 2.15. The lowest BCUT2D eigenvalue weighted by atomic mass is 9.94. The van der Waals surface area contributed by atoms with E-state index < -0.39 is 0 Å². The van der Waals surface area contributed by atoms with Crippen LogP contribution >= 0.6 is 11.6 Å². The minimum atomic E-state index is 0.168. The van der Waals surface area contributed by atoms with Crippen molar-refractivity contribution in [3.05, 3.63) is 63.7 Å². The van der Waals surface area contributed by atoms with Gasteiger partial charge in [0.15, 0.2) is 0 Å². The predicted molar refractivity (Wildman–Crippen MR) is 89.4 cm³/mol. The number of hydrogen-bond acceptors (Lipinski definition) is 2. The Morgan fingerprint density at radius 1 is 1.05 bits per heavy atom. The van der Waals surface area contributed by atoms with Crippen LogP contribution in [0.4, 0.5) is 0 Å². The zero-order valence-electron chi connectivity index (χ0n) is 13.0. The summed E-state index contributed by atoms with van der Waals surface area (Å²) in [5.74, 6) is 0.835. The topological polar surface area (TPSA) is 21.3 Å². The molecule has 0 aliphatic carbocycles. The Morgan fingerprint density at radius 2 is 1.62 bits per heavy atom. The van der Waals surface area contributed by atoms with E-state index in [2.05, 4.69) is 38.2 Å². The molecule has 2 rings (SSSR count). The van der Waals surface area contributed by atoms with Crippen LogP contribution < -0.4 is 10.1 Å². The number of nitrogens with one attached hydrogen (secondary N) is 1. The van der Waals surface area contributed by atoms with E-state index in [1.54, 1.807) is 0 Å². The summed E-state index contributed by atoms with van der Waals surface area (Å²) < 4.78 is 5.89. The van der Waals surface area contributed by atoms with E-state index in [0.29, 0.717) is 6.61 Å². The molecule has 0 fully saturated rings. The van der Waals surface area contributed by atoms with Gasteiger partial charge in [0.2, 0.25) is 0 Å². The fourth-order valence-corrected chi connectivity index (χ4v) is 2.89. The SMILES string of the molecule is CNC(COc1ccc(Cl)cc1)c1c(C)cc(C)cc1C. The molecule has 21 heavy (non-hydrogen) atoms. The van der Waals surface area contributed by atoms with Gasteiger partial charge in [0.05, 0.1) is 6.04 Å². The minimum absolute atomic E-state index is 0.168. The first kappa shape index (κ1) is 15.9. The molecule has 0 bridgehead atoms. The maximum Gasteiger partial charge on any atom is 0.119 e. The molecule has 2 aromatic rings. The molecule has 0 aromatic heterocycles. The standard InChI is InChI=1S/C18H22ClNO/c1-12-9-13(2)18(14(3)10-12)17(20-4)11-21-16-7-5-15(19)6-8-16/h5-10,17,20H,11H2,1-4H3. The molecule has 0 saturated carbocycles. The largest absolute Gasteiger partial charge is 0.492 e. The number of benzene rings is 2. The molecule has 2 nitrogen and oxygen atoms in total. The van der Waals surface area contributed by atoms with Gasteiger partial charge in [-0.25, -0.2) is 0 Å². The van der Waals surface area contributed by atoms with Crippen molar-refractivity contribution >= 4 is 11.6 Å². The highest BCUT2D eigenvalue weighted by Crippen LogP contribution is 2.25. The Bertz CT molecular complexity index is 584. The number of likely N-dealkylation sites (N-methyl/N-ethyl adjacent to an activating group) is 1. The van der Waals surface area contributed by atoms with E-state index in [0.717, 1.165) is 10.8 Å². The van der Waals surface area contributed by atoms with Crippen LogP contribution in [0.2, 0.25) is 5.02 Å². The first-order valence-corrected chi connectivity index (χ1v) is 7.52. The number of hydrogen-bond donors (Lipinski definition) is 1. The molecule has 0 spiro atoms. The van der Waals surface area contributed by atoms with Gasteiger partial charge in [-0.05, 0) is 68.8 Å². The maximum atomic E-state index is 5.89. The van der Waals surface area contributed by atoms with E-state index >= 15 is 0 Å². The van der Waals surface area contributed by atoms with Crippen LogP contribution in [0.1, 0.15) is 28.3 Å². The molecule has 0 aliphatic rings. The molecule has 0 saturated heterocycles. The molecule has 3 heteroatoms. The van der Waals surface area contributed by atoms with E-state index in [1.807, 2.05) is 31.3 Å². The lowest BCUT2D eigenvalue weighted by molar-refractivity contribution is 0.272. The van der Waals surface area contributed by atoms with Gasteiger partial charge >= 0.3 is 0 Å². The highest BCUT2D eigenvalue weighted by Gasteiger charge is 2.15. The predicted octanol–water partition coefficient (Wildman–Crippen LogP) is 4.60. The van der Waals surface area contributed by atoms with E-state index in [1.165, 1.54) is 22.3 Å². The third kappa shape index (κ3) is 3.99. The fraction of sp³-hybridized carbons (Fsp3) is 0.333. The lowest BCUT2D eigenvalue weighted by Crippen LogP contribution is -2.25. The van der Waals surface area contributed by atoms with Gasteiger partial charge in [0.25, 0.3) is 0 Å². The summed E-state index contributed by atoms with van der Waals surface area (Å²) in [6, 6.07) is 12.1. The highest BCUT2D eigenvalue weighted by atomic mass is 35.5. The molecule has 0 aliphatic heterocycles. The minimum Gasteiger partial charge on any atom is -0.492 e. The molecule has 1 unspecified atom stereocenters. The van der Waals surface area contributed by atoms with Crippen molar-refractivity contribution in [2.75, 3.05) is 13.7 Å². The fourth-order valence-electron chi connectivity index (χ4n) is 2.76. The Morgan fingerprint density at radius 3 is 2.14 bits per heavy atom. The average Bonchev–Trinajstić information content (AvgIpc) is 2.43. The number of aryl methyl sites for hydroxylation is 3. The van der Waals surface area contributed by atoms with Gasteiger partial charge < -0.3 is 10.1 Å². The first-order valence-electron chi connectivity index (χ1n) is 7.14. The highest BCUT2D eigenvalue weighted by molar-refractivity contribution is 6.30. The maximum absolute atomic E-state index is 5.89. The van der Waals surface area contributed by atoms with Crippen LogP contribution in [0.3, 0.4) is 0 Å². The Kier molecular flexibility index (Phi) is 5.27. The summed E-state index contributed by atoms with van der Waals surface area (Å²) in [6.45, 7) is 7.02. The van der Waals surface area contributed by atoms with Crippen LogP contribution in [-0.2, 0) is 0 Å².